The number of hydrogen-bond acceptors (Lipinski definition) is 2. The van der Waals surface area contributed by atoms with Crippen molar-refractivity contribution < 1.29 is 0 Å². The van der Waals surface area contributed by atoms with Crippen molar-refractivity contribution in [3.05, 3.63) is 102 Å². The summed E-state index contributed by atoms with van der Waals surface area (Å²) in [6.45, 7) is 18.8. The molecule has 3 aromatic carbocycles. The van der Waals surface area contributed by atoms with Crippen LogP contribution in [0.15, 0.2) is 102 Å². The molecule has 0 bridgehead atoms. The third kappa shape index (κ3) is 4.67. The summed E-state index contributed by atoms with van der Waals surface area (Å²) in [7, 11) is -2.10. The average molecular weight is 500 g/mol. The van der Waals surface area contributed by atoms with Crippen molar-refractivity contribution >= 4 is 23.2 Å². The molecule has 3 heteroatoms. The van der Waals surface area contributed by atoms with E-state index in [0.29, 0.717) is 30.2 Å². The summed E-state index contributed by atoms with van der Waals surface area (Å²) in [5, 5.41) is 5.96. The molecule has 0 radical (unpaired) electrons. The van der Waals surface area contributed by atoms with Crippen LogP contribution >= 0.6 is 7.26 Å². The Morgan fingerprint density at radius 2 is 0.833 bits per heavy atom. The molecule has 0 saturated carbocycles. The lowest BCUT2D eigenvalue weighted by Gasteiger charge is -2.36. The fourth-order valence-corrected chi connectivity index (χ4v) is 11.0. The van der Waals surface area contributed by atoms with E-state index < -0.39 is 7.26 Å². The van der Waals surface area contributed by atoms with Gasteiger partial charge in [0.1, 0.15) is 34.5 Å². The molecule has 0 aliphatic heterocycles. The maximum absolute atomic E-state index is 2.74. The van der Waals surface area contributed by atoms with Gasteiger partial charge in [0.2, 0.25) is 0 Å². The Morgan fingerprint density at radius 1 is 0.500 bits per heavy atom. The molecule has 0 aromatic heterocycles. The largest absolute Gasteiger partial charge is 0.365 e. The van der Waals surface area contributed by atoms with E-state index in [2.05, 4.69) is 156 Å². The Labute approximate surface area is 220 Å². The van der Waals surface area contributed by atoms with Crippen LogP contribution in [0.3, 0.4) is 0 Å². The van der Waals surface area contributed by atoms with Gasteiger partial charge in [0.15, 0.2) is 0 Å². The van der Waals surface area contributed by atoms with E-state index in [1.807, 2.05) is 0 Å². The number of benzene rings is 3. The molecule has 0 N–H and O–H groups in total. The maximum Gasteiger partial charge on any atom is 0.144 e. The van der Waals surface area contributed by atoms with Crippen molar-refractivity contribution in [2.24, 2.45) is 0 Å². The van der Waals surface area contributed by atoms with E-state index in [1.54, 1.807) is 11.0 Å². The van der Waals surface area contributed by atoms with E-state index in [9.17, 15) is 0 Å². The molecule has 0 spiro atoms. The lowest BCUT2D eigenvalue weighted by atomic mass is 10.2. The summed E-state index contributed by atoms with van der Waals surface area (Å²) in [6.07, 6.45) is 0. The number of nitrogens with zero attached hydrogens (tertiary/aromatic N) is 2. The molecule has 4 rings (SSSR count). The standard InChI is InChI=1S/C33H44N2P/c1-24(2)34(25(3)4)31-32(35(26(5)6)27(7)8)33(31)36(28-18-12-9-13-19-28,29-20-14-10-15-21-29)30-22-16-11-17-23-30/h9-27,31H,1-8H3/q+1. The van der Waals surface area contributed by atoms with Gasteiger partial charge in [-0.3, -0.25) is 4.90 Å². The zero-order valence-corrected chi connectivity index (χ0v) is 24.3. The van der Waals surface area contributed by atoms with Gasteiger partial charge in [0.05, 0.1) is 5.70 Å². The molecule has 0 heterocycles. The molecule has 1 atom stereocenters. The molecule has 2 nitrogen and oxygen atoms in total. The van der Waals surface area contributed by atoms with Gasteiger partial charge in [-0.25, -0.2) is 0 Å². The SMILES string of the molecule is CC(C)N(C1=C([P+](c2ccccc2)(c2ccccc2)c2ccccc2)C1N(C(C)C)C(C)C)C(C)C. The molecule has 1 aliphatic rings. The van der Waals surface area contributed by atoms with Crippen LogP contribution in [0.4, 0.5) is 0 Å². The van der Waals surface area contributed by atoms with E-state index in [4.69, 9.17) is 0 Å². The molecule has 0 fully saturated rings. The van der Waals surface area contributed by atoms with Gasteiger partial charge >= 0.3 is 0 Å². The quantitative estimate of drug-likeness (QED) is 0.283. The minimum Gasteiger partial charge on any atom is -0.365 e. The number of hydrogen-bond donors (Lipinski definition) is 0. The molecule has 1 aliphatic carbocycles. The summed E-state index contributed by atoms with van der Waals surface area (Å²) in [6, 6.07) is 36.1. The molecular weight excluding hydrogens is 455 g/mol. The van der Waals surface area contributed by atoms with E-state index in [1.165, 1.54) is 15.9 Å². The van der Waals surface area contributed by atoms with Gasteiger partial charge in [-0.15, -0.1) is 0 Å². The highest BCUT2D eigenvalue weighted by atomic mass is 31.2. The molecule has 36 heavy (non-hydrogen) atoms. The van der Waals surface area contributed by atoms with Crippen molar-refractivity contribution in [2.45, 2.75) is 85.6 Å². The first-order valence-corrected chi connectivity index (χ1v) is 15.4. The van der Waals surface area contributed by atoms with E-state index in [0.717, 1.165) is 0 Å². The van der Waals surface area contributed by atoms with Crippen LogP contribution in [0.25, 0.3) is 0 Å². The predicted molar refractivity (Wildman–Crippen MR) is 160 cm³/mol. The van der Waals surface area contributed by atoms with Crippen LogP contribution < -0.4 is 15.9 Å². The Hall–Kier alpha value is -2.41. The van der Waals surface area contributed by atoms with E-state index >= 15 is 0 Å². The van der Waals surface area contributed by atoms with Crippen LogP contribution in [-0.2, 0) is 0 Å². The molecule has 0 saturated heterocycles. The minimum absolute atomic E-state index is 0.337. The van der Waals surface area contributed by atoms with Gasteiger partial charge in [-0.2, -0.15) is 0 Å². The third-order valence-electron chi connectivity index (χ3n) is 7.37. The first-order valence-electron chi connectivity index (χ1n) is 13.6. The van der Waals surface area contributed by atoms with E-state index in [-0.39, 0.29) is 0 Å². The highest BCUT2D eigenvalue weighted by molar-refractivity contribution is 7.99. The smallest absolute Gasteiger partial charge is 0.144 e. The Bertz CT molecular complexity index is 1040. The van der Waals surface area contributed by atoms with Crippen molar-refractivity contribution in [3.63, 3.8) is 0 Å². The Balaban J connectivity index is 2.12. The topological polar surface area (TPSA) is 6.48 Å². The highest BCUT2D eigenvalue weighted by Gasteiger charge is 2.65. The Morgan fingerprint density at radius 3 is 1.11 bits per heavy atom. The lowest BCUT2D eigenvalue weighted by Crippen LogP contribution is -2.45. The first kappa shape index (κ1) is 26.6. The Kier molecular flexibility index (Phi) is 8.08. The molecule has 0 amide bonds. The van der Waals surface area contributed by atoms with Crippen LogP contribution in [0.1, 0.15) is 55.4 Å². The van der Waals surface area contributed by atoms with Crippen LogP contribution in [0.2, 0.25) is 0 Å². The fraction of sp³-hybridized carbons (Fsp3) is 0.394. The van der Waals surface area contributed by atoms with Crippen molar-refractivity contribution in [1.29, 1.82) is 0 Å². The summed E-state index contributed by atoms with van der Waals surface area (Å²) < 4.78 is 0. The predicted octanol–water partition coefficient (Wildman–Crippen LogP) is 6.81. The molecule has 1 unspecified atom stereocenters. The second-order valence-corrected chi connectivity index (χ2v) is 14.5. The van der Waals surface area contributed by atoms with Gasteiger partial charge < -0.3 is 4.90 Å². The number of rotatable bonds is 10. The lowest BCUT2D eigenvalue weighted by molar-refractivity contribution is 0.145. The summed E-state index contributed by atoms with van der Waals surface area (Å²) in [5.41, 5.74) is 1.55. The van der Waals surface area contributed by atoms with Crippen molar-refractivity contribution in [3.8, 4) is 0 Å². The van der Waals surface area contributed by atoms with Gasteiger partial charge in [-0.1, -0.05) is 54.6 Å². The zero-order chi connectivity index (χ0) is 26.0. The van der Waals surface area contributed by atoms with Crippen LogP contribution in [0.5, 0.6) is 0 Å². The highest BCUT2D eigenvalue weighted by Crippen LogP contribution is 2.72. The van der Waals surface area contributed by atoms with Gasteiger partial charge in [0.25, 0.3) is 0 Å². The third-order valence-corrected chi connectivity index (χ3v) is 11.8. The first-order chi connectivity index (χ1) is 17.2. The van der Waals surface area contributed by atoms with Crippen molar-refractivity contribution in [2.75, 3.05) is 0 Å². The van der Waals surface area contributed by atoms with Gasteiger partial charge in [0, 0.05) is 24.2 Å². The maximum atomic E-state index is 2.74. The minimum atomic E-state index is -2.10. The molecular formula is C33H44N2P+. The second-order valence-electron chi connectivity index (χ2n) is 11.1. The fourth-order valence-electron chi connectivity index (χ4n) is 6.26. The van der Waals surface area contributed by atoms with Gasteiger partial charge in [-0.05, 0) is 91.8 Å². The summed E-state index contributed by atoms with van der Waals surface area (Å²) in [5.74, 6) is 0. The summed E-state index contributed by atoms with van der Waals surface area (Å²) >= 11 is 0. The average Bonchev–Trinajstić information content (AvgIpc) is 3.54. The summed E-state index contributed by atoms with van der Waals surface area (Å²) in [4.78, 5) is 5.44. The second kappa shape index (κ2) is 10.9. The van der Waals surface area contributed by atoms with Crippen molar-refractivity contribution in [1.82, 2.24) is 9.80 Å². The monoisotopic (exact) mass is 499 g/mol. The van der Waals surface area contributed by atoms with Crippen LogP contribution in [-0.4, -0.2) is 40.0 Å². The normalized spacial score (nSPS) is 16.1. The molecule has 190 valence electrons. The van der Waals surface area contributed by atoms with Crippen LogP contribution in [0, 0.1) is 0 Å². The zero-order valence-electron chi connectivity index (χ0n) is 23.4. The molecule has 3 aromatic rings.